The first-order chi connectivity index (χ1) is 10.6. The van der Waals surface area contributed by atoms with Gasteiger partial charge in [-0.1, -0.05) is 24.3 Å². The van der Waals surface area contributed by atoms with Crippen molar-refractivity contribution < 1.29 is 30.6 Å². The van der Waals surface area contributed by atoms with Crippen molar-refractivity contribution in [2.45, 2.75) is 32.5 Å². The van der Waals surface area contributed by atoms with Gasteiger partial charge >= 0.3 is 0 Å². The molecule has 0 spiro atoms. The summed E-state index contributed by atoms with van der Waals surface area (Å²) in [6.45, 7) is 3.32. The summed E-state index contributed by atoms with van der Waals surface area (Å²) in [5.41, 5.74) is 0.999. The molecular formula is C18H20NO2PdS-. The Morgan fingerprint density at radius 2 is 1.70 bits per heavy atom. The average molecular weight is 421 g/mol. The molecule has 2 N–H and O–H groups in total. The van der Waals surface area contributed by atoms with Crippen LogP contribution >= 0.6 is 11.3 Å². The number of aromatic nitrogens is 1. The third-order valence-corrected chi connectivity index (χ3v) is 4.02. The third-order valence-electron chi connectivity index (χ3n) is 2.93. The summed E-state index contributed by atoms with van der Waals surface area (Å²) in [5.74, 6) is 0. The Morgan fingerprint density at radius 1 is 1.04 bits per heavy atom. The number of rotatable bonds is 3. The largest absolute Gasteiger partial charge is 0.393 e. The van der Waals surface area contributed by atoms with Crippen LogP contribution < -0.4 is 0 Å². The van der Waals surface area contributed by atoms with E-state index in [0.29, 0.717) is 6.42 Å². The fraction of sp³-hybridized carbons (Fsp3) is 0.278. The minimum Gasteiger partial charge on any atom is -0.393 e. The number of hydrogen-bond donors (Lipinski definition) is 2. The summed E-state index contributed by atoms with van der Waals surface area (Å²) in [6, 6.07) is 17.6. The van der Waals surface area contributed by atoms with Crippen LogP contribution in [0.2, 0.25) is 0 Å². The van der Waals surface area contributed by atoms with Crippen molar-refractivity contribution in [3.63, 3.8) is 0 Å². The van der Waals surface area contributed by atoms with Crippen molar-refractivity contribution in [1.29, 1.82) is 0 Å². The van der Waals surface area contributed by atoms with E-state index >= 15 is 0 Å². The van der Waals surface area contributed by atoms with Crippen LogP contribution in [-0.4, -0.2) is 27.4 Å². The second kappa shape index (κ2) is 9.92. The summed E-state index contributed by atoms with van der Waals surface area (Å²) in [6.07, 6.45) is 1.54. The SMILES string of the molecule is CC(O)CC(C)O.[Pd].[c-]1c(-c2ccccn2)sc2ccccc12. The van der Waals surface area contributed by atoms with Crippen LogP contribution in [0.25, 0.3) is 20.7 Å². The molecule has 0 fully saturated rings. The number of aliphatic hydroxyl groups is 2. The van der Waals surface area contributed by atoms with Gasteiger partial charge in [0.25, 0.3) is 0 Å². The van der Waals surface area contributed by atoms with E-state index in [9.17, 15) is 0 Å². The number of benzene rings is 1. The molecular weight excluding hydrogens is 401 g/mol. The van der Waals surface area contributed by atoms with Gasteiger partial charge in [0.2, 0.25) is 0 Å². The fourth-order valence-corrected chi connectivity index (χ4v) is 3.01. The molecule has 2 unspecified atom stereocenters. The molecule has 3 nitrogen and oxygen atoms in total. The molecule has 0 saturated heterocycles. The van der Waals surface area contributed by atoms with Crippen molar-refractivity contribution in [3.8, 4) is 10.6 Å². The molecule has 0 bridgehead atoms. The molecule has 23 heavy (non-hydrogen) atoms. The monoisotopic (exact) mass is 420 g/mol. The molecule has 0 radical (unpaired) electrons. The Kier molecular flexibility index (Phi) is 8.61. The molecule has 0 aliphatic carbocycles. The van der Waals surface area contributed by atoms with Gasteiger partial charge in [-0.25, -0.2) is 11.3 Å². The summed E-state index contributed by atoms with van der Waals surface area (Å²) < 4.78 is 1.26. The zero-order valence-corrected chi connectivity index (χ0v) is 15.4. The number of pyridine rings is 1. The summed E-state index contributed by atoms with van der Waals surface area (Å²) in [4.78, 5) is 5.43. The maximum Gasteiger partial charge on any atom is 0.0536 e. The molecule has 3 rings (SSSR count). The smallest absolute Gasteiger partial charge is 0.0536 e. The van der Waals surface area contributed by atoms with E-state index in [0.717, 1.165) is 10.6 Å². The van der Waals surface area contributed by atoms with E-state index in [2.05, 4.69) is 29.2 Å². The van der Waals surface area contributed by atoms with E-state index in [4.69, 9.17) is 10.2 Å². The van der Waals surface area contributed by atoms with Gasteiger partial charge in [-0.2, -0.15) is 0 Å². The predicted octanol–water partition coefficient (Wildman–Crippen LogP) is 3.90. The van der Waals surface area contributed by atoms with Gasteiger partial charge in [-0.15, -0.1) is 23.6 Å². The van der Waals surface area contributed by atoms with Gasteiger partial charge in [0, 0.05) is 32.3 Å². The van der Waals surface area contributed by atoms with E-state index in [1.165, 1.54) is 10.1 Å². The maximum atomic E-state index is 8.56. The number of hydrogen-bond acceptors (Lipinski definition) is 4. The van der Waals surface area contributed by atoms with Gasteiger partial charge in [0.1, 0.15) is 0 Å². The first kappa shape index (κ1) is 20.0. The van der Waals surface area contributed by atoms with Crippen molar-refractivity contribution in [2.24, 2.45) is 0 Å². The molecule has 5 heteroatoms. The second-order valence-electron chi connectivity index (χ2n) is 5.20. The zero-order valence-electron chi connectivity index (χ0n) is 13.0. The quantitative estimate of drug-likeness (QED) is 0.499. The molecule has 3 aromatic rings. The number of thiophene rings is 1. The van der Waals surface area contributed by atoms with Gasteiger partial charge < -0.3 is 15.2 Å². The standard InChI is InChI=1S/C13H8NS.C5H12O2.Pd/c1-2-7-12-10(5-1)9-13(15-12)11-6-3-4-8-14-11;1-4(6)3-5(2)7;/h1-8H;4-7H,3H2,1-2H3;/q-1;;. The molecule has 1 aromatic carbocycles. The summed E-state index contributed by atoms with van der Waals surface area (Å²) >= 11 is 1.73. The van der Waals surface area contributed by atoms with E-state index in [1.807, 2.05) is 30.5 Å². The second-order valence-corrected chi connectivity index (χ2v) is 6.25. The van der Waals surface area contributed by atoms with Gasteiger partial charge in [-0.05, 0) is 35.9 Å². The van der Waals surface area contributed by atoms with E-state index < -0.39 is 0 Å². The number of nitrogens with zero attached hydrogens (tertiary/aromatic N) is 1. The number of aliphatic hydroxyl groups excluding tert-OH is 2. The minimum atomic E-state index is -0.375. The number of fused-ring (bicyclic) bond motifs is 1. The fourth-order valence-electron chi connectivity index (χ4n) is 2.02. The molecule has 0 aliphatic rings. The van der Waals surface area contributed by atoms with E-state index in [1.54, 1.807) is 25.2 Å². The first-order valence-electron chi connectivity index (χ1n) is 7.24. The van der Waals surface area contributed by atoms with Crippen molar-refractivity contribution in [3.05, 3.63) is 54.7 Å². The normalized spacial score (nSPS) is 12.7. The molecule has 0 amide bonds. The molecule has 126 valence electrons. The van der Waals surface area contributed by atoms with Crippen LogP contribution in [0.5, 0.6) is 0 Å². The Labute approximate surface area is 154 Å². The van der Waals surface area contributed by atoms with Crippen LogP contribution in [0.3, 0.4) is 0 Å². The van der Waals surface area contributed by atoms with Gasteiger partial charge in [0.05, 0.1) is 12.2 Å². The third kappa shape index (κ3) is 6.50. The molecule has 0 aliphatic heterocycles. The molecule has 0 saturated carbocycles. The first-order valence-corrected chi connectivity index (χ1v) is 8.06. The van der Waals surface area contributed by atoms with E-state index in [-0.39, 0.29) is 32.6 Å². The van der Waals surface area contributed by atoms with Crippen LogP contribution in [0.1, 0.15) is 20.3 Å². The Morgan fingerprint density at radius 3 is 2.22 bits per heavy atom. The Balaban J connectivity index is 0.000000287. The van der Waals surface area contributed by atoms with Crippen molar-refractivity contribution in [1.82, 2.24) is 4.98 Å². The van der Waals surface area contributed by atoms with Gasteiger partial charge in [0.15, 0.2) is 0 Å². The topological polar surface area (TPSA) is 53.4 Å². The Bertz CT molecular complexity index is 659. The molecule has 2 aromatic heterocycles. The summed E-state index contributed by atoms with van der Waals surface area (Å²) in [7, 11) is 0. The maximum absolute atomic E-state index is 8.56. The summed E-state index contributed by atoms with van der Waals surface area (Å²) in [5, 5.41) is 18.3. The van der Waals surface area contributed by atoms with Gasteiger partial charge in [-0.3, -0.25) is 0 Å². The molecule has 2 heterocycles. The van der Waals surface area contributed by atoms with Crippen molar-refractivity contribution >= 4 is 21.4 Å². The molecule has 2 atom stereocenters. The van der Waals surface area contributed by atoms with Crippen LogP contribution in [0.4, 0.5) is 0 Å². The minimum absolute atomic E-state index is 0. The predicted molar refractivity (Wildman–Crippen MR) is 91.9 cm³/mol. The zero-order chi connectivity index (χ0) is 15.9. The van der Waals surface area contributed by atoms with Crippen molar-refractivity contribution in [2.75, 3.05) is 0 Å². The van der Waals surface area contributed by atoms with Crippen LogP contribution in [0.15, 0.2) is 48.7 Å². The van der Waals surface area contributed by atoms with Crippen LogP contribution in [0, 0.1) is 6.07 Å². The average Bonchev–Trinajstić information content (AvgIpc) is 2.91. The Hall–Kier alpha value is -1.09. The van der Waals surface area contributed by atoms with Crippen LogP contribution in [-0.2, 0) is 20.4 Å².